The normalized spacial score (nSPS) is 15.8. The molecule has 0 spiro atoms. The fourth-order valence-electron chi connectivity index (χ4n) is 3.98. The molecule has 0 radical (unpaired) electrons. The highest BCUT2D eigenvalue weighted by atomic mass is 35.5. The zero-order chi connectivity index (χ0) is 23.0. The van der Waals surface area contributed by atoms with Crippen LogP contribution in [0, 0.1) is 0 Å². The van der Waals surface area contributed by atoms with Crippen molar-refractivity contribution in [2.24, 2.45) is 0 Å². The zero-order valence-electron chi connectivity index (χ0n) is 18.3. The molecule has 4 rings (SSSR count). The van der Waals surface area contributed by atoms with Crippen molar-refractivity contribution >= 4 is 51.4 Å². The number of hydrogen-bond donors (Lipinski definition) is 0. The Labute approximate surface area is 202 Å². The van der Waals surface area contributed by atoms with E-state index in [0.717, 1.165) is 42.5 Å². The number of anilines is 1. The van der Waals surface area contributed by atoms with Gasteiger partial charge in [0.15, 0.2) is 0 Å². The van der Waals surface area contributed by atoms with Crippen LogP contribution in [-0.4, -0.2) is 50.0 Å². The van der Waals surface area contributed by atoms with Crippen LogP contribution in [0.1, 0.15) is 19.8 Å². The predicted octanol–water partition coefficient (Wildman–Crippen LogP) is 6.28. The molecule has 0 unspecified atom stereocenters. The number of piperidine rings is 1. The van der Waals surface area contributed by atoms with Gasteiger partial charge in [0.05, 0.1) is 35.6 Å². The van der Waals surface area contributed by atoms with Crippen molar-refractivity contribution in [1.82, 2.24) is 9.97 Å². The lowest BCUT2D eigenvalue weighted by Crippen LogP contribution is -2.44. The second-order valence-corrected chi connectivity index (χ2v) is 9.13. The molecule has 32 heavy (non-hydrogen) atoms. The molecule has 170 valence electrons. The van der Waals surface area contributed by atoms with Gasteiger partial charge in [-0.25, -0.2) is 9.97 Å². The van der Waals surface area contributed by atoms with Crippen molar-refractivity contribution in [2.45, 2.75) is 25.4 Å². The van der Waals surface area contributed by atoms with Gasteiger partial charge in [-0.15, -0.1) is 0 Å². The van der Waals surface area contributed by atoms with Gasteiger partial charge in [-0.3, -0.25) is 0 Å². The number of hydrogen-bond acceptors (Lipinski definition) is 6. The van der Waals surface area contributed by atoms with Gasteiger partial charge in [-0.05, 0) is 31.9 Å². The third-order valence-corrected chi connectivity index (χ3v) is 7.06. The van der Waals surface area contributed by atoms with E-state index in [0.29, 0.717) is 38.0 Å². The average Bonchev–Trinajstić information content (AvgIpc) is 2.79. The molecule has 0 aliphatic carbocycles. The SMILES string of the molecule is COc1cc(OC)c(Cl)c(-c2cc3cnc(Cl)cc3c(N3CCC(C)(OC)CC3)n2)c1Cl. The Hall–Kier alpha value is -1.99. The molecular formula is C23H24Cl3N3O3. The number of ether oxygens (including phenoxy) is 3. The van der Waals surface area contributed by atoms with Crippen LogP contribution in [0.5, 0.6) is 11.5 Å². The van der Waals surface area contributed by atoms with Crippen LogP contribution in [0.4, 0.5) is 5.82 Å². The first-order valence-corrected chi connectivity index (χ1v) is 11.3. The van der Waals surface area contributed by atoms with E-state index in [-0.39, 0.29) is 5.60 Å². The van der Waals surface area contributed by atoms with E-state index >= 15 is 0 Å². The molecule has 2 aromatic heterocycles. The summed E-state index contributed by atoms with van der Waals surface area (Å²) in [4.78, 5) is 11.5. The van der Waals surface area contributed by atoms with Crippen LogP contribution in [0.3, 0.4) is 0 Å². The first-order chi connectivity index (χ1) is 15.3. The Balaban J connectivity index is 1.91. The van der Waals surface area contributed by atoms with Gasteiger partial charge in [0, 0.05) is 48.8 Å². The minimum atomic E-state index is -0.143. The molecule has 0 N–H and O–H groups in total. The first-order valence-electron chi connectivity index (χ1n) is 10.2. The van der Waals surface area contributed by atoms with Gasteiger partial charge in [-0.1, -0.05) is 34.8 Å². The van der Waals surface area contributed by atoms with E-state index in [2.05, 4.69) is 16.8 Å². The molecule has 3 heterocycles. The van der Waals surface area contributed by atoms with Crippen LogP contribution in [0.25, 0.3) is 22.0 Å². The van der Waals surface area contributed by atoms with E-state index in [4.69, 9.17) is 54.0 Å². The minimum absolute atomic E-state index is 0.143. The number of aromatic nitrogens is 2. The molecule has 1 fully saturated rings. The molecule has 9 heteroatoms. The molecular weight excluding hydrogens is 473 g/mol. The second-order valence-electron chi connectivity index (χ2n) is 7.98. The summed E-state index contributed by atoms with van der Waals surface area (Å²) in [6.45, 7) is 3.71. The Bertz CT molecular complexity index is 1140. The van der Waals surface area contributed by atoms with Crippen LogP contribution in [-0.2, 0) is 4.74 Å². The van der Waals surface area contributed by atoms with Crippen molar-refractivity contribution in [2.75, 3.05) is 39.3 Å². The number of benzene rings is 1. The molecule has 1 aliphatic heterocycles. The van der Waals surface area contributed by atoms with Crippen molar-refractivity contribution < 1.29 is 14.2 Å². The third kappa shape index (κ3) is 4.17. The highest BCUT2D eigenvalue weighted by Gasteiger charge is 2.31. The molecule has 1 aliphatic rings. The highest BCUT2D eigenvalue weighted by molar-refractivity contribution is 6.41. The summed E-state index contributed by atoms with van der Waals surface area (Å²) < 4.78 is 16.6. The van der Waals surface area contributed by atoms with Crippen molar-refractivity contribution in [3.05, 3.63) is 39.6 Å². The minimum Gasteiger partial charge on any atom is -0.495 e. The van der Waals surface area contributed by atoms with Gasteiger partial charge >= 0.3 is 0 Å². The molecule has 1 aromatic carbocycles. The number of nitrogens with zero attached hydrogens (tertiary/aromatic N) is 3. The summed E-state index contributed by atoms with van der Waals surface area (Å²) in [5, 5.41) is 2.93. The molecule has 3 aromatic rings. The molecule has 0 saturated carbocycles. The van der Waals surface area contributed by atoms with Gasteiger partial charge in [0.1, 0.15) is 22.5 Å². The van der Waals surface area contributed by atoms with E-state index < -0.39 is 0 Å². The molecule has 0 bridgehead atoms. The van der Waals surface area contributed by atoms with Crippen LogP contribution < -0.4 is 14.4 Å². The van der Waals surface area contributed by atoms with Gasteiger partial charge in [0.25, 0.3) is 0 Å². The van der Waals surface area contributed by atoms with E-state index in [1.54, 1.807) is 33.6 Å². The topological polar surface area (TPSA) is 56.7 Å². The molecule has 0 atom stereocenters. The molecule has 0 amide bonds. The van der Waals surface area contributed by atoms with Crippen molar-refractivity contribution in [3.63, 3.8) is 0 Å². The largest absolute Gasteiger partial charge is 0.495 e. The van der Waals surface area contributed by atoms with E-state index in [9.17, 15) is 0 Å². The summed E-state index contributed by atoms with van der Waals surface area (Å²) in [7, 11) is 4.85. The van der Waals surface area contributed by atoms with E-state index in [1.807, 2.05) is 12.1 Å². The molecule has 1 saturated heterocycles. The Kier molecular flexibility index (Phi) is 6.59. The predicted molar refractivity (Wildman–Crippen MR) is 130 cm³/mol. The zero-order valence-corrected chi connectivity index (χ0v) is 20.6. The quantitative estimate of drug-likeness (QED) is 0.388. The number of methoxy groups -OCH3 is 3. The first kappa shape index (κ1) is 23.2. The maximum absolute atomic E-state index is 6.68. The lowest BCUT2D eigenvalue weighted by Gasteiger charge is -2.39. The summed E-state index contributed by atoms with van der Waals surface area (Å²) in [5.41, 5.74) is 1.00. The number of rotatable bonds is 5. The average molecular weight is 497 g/mol. The van der Waals surface area contributed by atoms with Gasteiger partial charge < -0.3 is 19.1 Å². The summed E-state index contributed by atoms with van der Waals surface area (Å²) in [5.74, 6) is 1.71. The number of pyridine rings is 2. The standard InChI is InChI=1S/C23H24Cl3N3O3/c1-23(32-4)5-7-29(8-6-23)22-14-10-18(24)27-12-13(14)9-15(28-22)19-20(25)16(30-2)11-17(31-3)21(19)26/h9-12H,5-8H2,1-4H3. The second kappa shape index (κ2) is 9.10. The van der Waals surface area contributed by atoms with Crippen LogP contribution in [0.15, 0.2) is 24.4 Å². The summed E-state index contributed by atoms with van der Waals surface area (Å²) in [6.07, 6.45) is 3.49. The maximum Gasteiger partial charge on any atom is 0.141 e. The maximum atomic E-state index is 6.68. The lowest BCUT2D eigenvalue weighted by molar-refractivity contribution is -0.0133. The fourth-order valence-corrected chi connectivity index (χ4v) is 4.83. The lowest BCUT2D eigenvalue weighted by atomic mass is 9.93. The van der Waals surface area contributed by atoms with Crippen LogP contribution >= 0.6 is 34.8 Å². The van der Waals surface area contributed by atoms with Gasteiger partial charge in [0.2, 0.25) is 0 Å². The number of halogens is 3. The fraction of sp³-hybridized carbons (Fsp3) is 0.391. The Morgan fingerprint density at radius 1 is 0.938 bits per heavy atom. The Morgan fingerprint density at radius 3 is 2.12 bits per heavy atom. The van der Waals surface area contributed by atoms with E-state index in [1.165, 1.54) is 0 Å². The molecule has 6 nitrogen and oxygen atoms in total. The van der Waals surface area contributed by atoms with Crippen molar-refractivity contribution in [3.8, 4) is 22.8 Å². The van der Waals surface area contributed by atoms with Crippen molar-refractivity contribution in [1.29, 1.82) is 0 Å². The summed E-state index contributed by atoms with van der Waals surface area (Å²) in [6, 6.07) is 5.40. The third-order valence-electron chi connectivity index (χ3n) is 6.10. The smallest absolute Gasteiger partial charge is 0.141 e. The summed E-state index contributed by atoms with van der Waals surface area (Å²) >= 11 is 19.6. The van der Waals surface area contributed by atoms with Gasteiger partial charge in [-0.2, -0.15) is 0 Å². The number of fused-ring (bicyclic) bond motifs is 1. The monoisotopic (exact) mass is 495 g/mol. The Morgan fingerprint density at radius 2 is 1.56 bits per heavy atom. The van der Waals surface area contributed by atoms with Crippen LogP contribution in [0.2, 0.25) is 15.2 Å². The highest BCUT2D eigenvalue weighted by Crippen LogP contribution is 2.46.